The van der Waals surface area contributed by atoms with Crippen molar-refractivity contribution in [3.05, 3.63) is 47.0 Å². The van der Waals surface area contributed by atoms with Gasteiger partial charge in [0.15, 0.2) is 11.5 Å². The molecule has 0 aliphatic heterocycles. The van der Waals surface area contributed by atoms with Crippen LogP contribution in [0.25, 0.3) is 0 Å². The van der Waals surface area contributed by atoms with Crippen molar-refractivity contribution in [2.45, 2.75) is 20.3 Å². The number of nitrogens with one attached hydrogen (secondary N) is 2. The van der Waals surface area contributed by atoms with Crippen LogP contribution >= 0.6 is 0 Å². The summed E-state index contributed by atoms with van der Waals surface area (Å²) in [4.78, 5) is 24.6. The molecule has 1 amide bonds. The predicted octanol–water partition coefficient (Wildman–Crippen LogP) is 3.41. The molecule has 0 saturated heterocycles. The first-order valence-electron chi connectivity index (χ1n) is 8.91. The van der Waals surface area contributed by atoms with Crippen LogP contribution in [0.15, 0.2) is 30.3 Å². The topological polar surface area (TPSA) is 85.9 Å². The Labute approximate surface area is 165 Å². The van der Waals surface area contributed by atoms with Gasteiger partial charge in [-0.3, -0.25) is 4.79 Å². The molecule has 0 aliphatic rings. The van der Waals surface area contributed by atoms with Crippen molar-refractivity contribution in [1.82, 2.24) is 0 Å². The Balaban J connectivity index is 2.21. The quantitative estimate of drug-likeness (QED) is 0.676. The number of rotatable bonds is 8. The van der Waals surface area contributed by atoms with Crippen LogP contribution in [-0.4, -0.2) is 39.8 Å². The van der Waals surface area contributed by atoms with E-state index in [1.165, 1.54) is 27.4 Å². The number of benzene rings is 2. The molecule has 0 aromatic heterocycles. The first-order valence-corrected chi connectivity index (χ1v) is 8.91. The average Bonchev–Trinajstić information content (AvgIpc) is 2.72. The predicted molar refractivity (Wildman–Crippen MR) is 109 cm³/mol. The lowest BCUT2D eigenvalue weighted by Gasteiger charge is -2.16. The molecule has 0 spiro atoms. The molecular weight excluding hydrogens is 360 g/mol. The van der Waals surface area contributed by atoms with Gasteiger partial charge in [-0.2, -0.15) is 0 Å². The number of ether oxygens (including phenoxy) is 3. The van der Waals surface area contributed by atoms with E-state index in [0.717, 1.165) is 23.2 Å². The summed E-state index contributed by atoms with van der Waals surface area (Å²) in [5.74, 6) is 0.0567. The second kappa shape index (κ2) is 9.64. The molecule has 2 rings (SSSR count). The largest absolute Gasteiger partial charge is 0.493 e. The first kappa shape index (κ1) is 21.1. The lowest BCUT2D eigenvalue weighted by Crippen LogP contribution is -2.24. The Hall–Kier alpha value is -3.22. The summed E-state index contributed by atoms with van der Waals surface area (Å²) < 4.78 is 15.3. The highest BCUT2D eigenvalue weighted by molar-refractivity contribution is 5.99. The normalized spacial score (nSPS) is 10.2. The zero-order valence-electron chi connectivity index (χ0n) is 16.8. The van der Waals surface area contributed by atoms with Crippen LogP contribution in [0.2, 0.25) is 0 Å². The highest BCUT2D eigenvalue weighted by Crippen LogP contribution is 2.33. The lowest BCUT2D eigenvalue weighted by atomic mass is 10.1. The fraction of sp³-hybridized carbons (Fsp3) is 0.333. The highest BCUT2D eigenvalue weighted by Gasteiger charge is 2.18. The Kier molecular flexibility index (Phi) is 7.26. The third-order valence-electron chi connectivity index (χ3n) is 4.37. The van der Waals surface area contributed by atoms with Crippen molar-refractivity contribution in [2.75, 3.05) is 38.5 Å². The van der Waals surface area contributed by atoms with Crippen LogP contribution in [0.5, 0.6) is 11.5 Å². The summed E-state index contributed by atoms with van der Waals surface area (Å²) in [5, 5.41) is 5.92. The fourth-order valence-corrected chi connectivity index (χ4v) is 2.87. The molecule has 0 fully saturated rings. The summed E-state index contributed by atoms with van der Waals surface area (Å²) in [6, 6.07) is 9.02. The molecule has 28 heavy (non-hydrogen) atoms. The van der Waals surface area contributed by atoms with Crippen molar-refractivity contribution in [2.24, 2.45) is 0 Å². The summed E-state index contributed by atoms with van der Waals surface area (Å²) >= 11 is 0. The van der Waals surface area contributed by atoms with E-state index in [2.05, 4.69) is 10.6 Å². The number of carbonyl (C=O) groups excluding carboxylic acids is 2. The van der Waals surface area contributed by atoms with Crippen LogP contribution in [-0.2, 0) is 16.0 Å². The van der Waals surface area contributed by atoms with Gasteiger partial charge < -0.3 is 24.8 Å². The summed E-state index contributed by atoms with van der Waals surface area (Å²) in [6.45, 7) is 3.96. The molecule has 0 bridgehead atoms. The Morgan fingerprint density at radius 1 is 1.04 bits per heavy atom. The van der Waals surface area contributed by atoms with E-state index in [4.69, 9.17) is 14.2 Å². The molecule has 2 N–H and O–H groups in total. The number of carbonyl (C=O) groups is 2. The van der Waals surface area contributed by atoms with Gasteiger partial charge in [-0.15, -0.1) is 0 Å². The van der Waals surface area contributed by atoms with E-state index in [9.17, 15) is 9.59 Å². The van der Waals surface area contributed by atoms with E-state index in [1.54, 1.807) is 6.07 Å². The third-order valence-corrected chi connectivity index (χ3v) is 4.37. The smallest absolute Gasteiger partial charge is 0.340 e. The van der Waals surface area contributed by atoms with E-state index in [0.29, 0.717) is 17.2 Å². The van der Waals surface area contributed by atoms with Gasteiger partial charge >= 0.3 is 5.97 Å². The molecule has 7 heteroatoms. The minimum Gasteiger partial charge on any atom is -0.493 e. The van der Waals surface area contributed by atoms with E-state index in [1.807, 2.05) is 32.0 Å². The Bertz CT molecular complexity index is 864. The number of anilines is 2. The minimum atomic E-state index is -0.545. The van der Waals surface area contributed by atoms with Gasteiger partial charge in [0.05, 0.1) is 39.1 Å². The Morgan fingerprint density at radius 2 is 1.71 bits per heavy atom. The van der Waals surface area contributed by atoms with Crippen molar-refractivity contribution >= 4 is 23.3 Å². The van der Waals surface area contributed by atoms with Gasteiger partial charge in [-0.05, 0) is 24.5 Å². The van der Waals surface area contributed by atoms with Crippen LogP contribution in [0.3, 0.4) is 0 Å². The molecule has 0 radical (unpaired) electrons. The van der Waals surface area contributed by atoms with E-state index >= 15 is 0 Å². The number of methoxy groups -OCH3 is 3. The molecule has 7 nitrogen and oxygen atoms in total. The zero-order valence-corrected chi connectivity index (χ0v) is 16.8. The van der Waals surface area contributed by atoms with Crippen molar-refractivity contribution in [3.8, 4) is 11.5 Å². The van der Waals surface area contributed by atoms with Crippen molar-refractivity contribution < 1.29 is 23.8 Å². The molecule has 0 saturated carbocycles. The molecule has 2 aromatic rings. The average molecular weight is 386 g/mol. The summed E-state index contributed by atoms with van der Waals surface area (Å²) in [5.41, 5.74) is 3.54. The van der Waals surface area contributed by atoms with E-state index in [-0.39, 0.29) is 18.0 Å². The SMILES string of the molecule is CCc1cccc(C)c1NC(=O)CNc1cc(OC)c(OC)cc1C(=O)OC. The van der Waals surface area contributed by atoms with Gasteiger partial charge in [0, 0.05) is 17.8 Å². The number of aryl methyl sites for hydroxylation is 2. The number of amides is 1. The molecule has 150 valence electrons. The molecule has 0 unspecified atom stereocenters. The maximum atomic E-state index is 12.5. The second-order valence-electron chi connectivity index (χ2n) is 6.11. The maximum Gasteiger partial charge on any atom is 0.340 e. The zero-order chi connectivity index (χ0) is 20.7. The van der Waals surface area contributed by atoms with Crippen LogP contribution in [0, 0.1) is 6.92 Å². The number of hydrogen-bond donors (Lipinski definition) is 2. The molecule has 0 aliphatic carbocycles. The van der Waals surface area contributed by atoms with Gasteiger partial charge in [0.2, 0.25) is 5.91 Å². The van der Waals surface area contributed by atoms with Crippen LogP contribution < -0.4 is 20.1 Å². The van der Waals surface area contributed by atoms with Gasteiger partial charge in [-0.25, -0.2) is 4.79 Å². The number of esters is 1. The number of para-hydroxylation sites is 1. The first-order chi connectivity index (χ1) is 13.4. The highest BCUT2D eigenvalue weighted by atomic mass is 16.5. The number of hydrogen-bond acceptors (Lipinski definition) is 6. The van der Waals surface area contributed by atoms with Gasteiger partial charge in [0.25, 0.3) is 0 Å². The van der Waals surface area contributed by atoms with Gasteiger partial charge in [-0.1, -0.05) is 25.1 Å². The molecule has 2 aromatic carbocycles. The summed E-state index contributed by atoms with van der Waals surface area (Å²) in [7, 11) is 4.27. The molecular formula is C21H26N2O5. The maximum absolute atomic E-state index is 12.5. The second-order valence-corrected chi connectivity index (χ2v) is 6.11. The van der Waals surface area contributed by atoms with Crippen LogP contribution in [0.1, 0.15) is 28.4 Å². The van der Waals surface area contributed by atoms with E-state index < -0.39 is 5.97 Å². The monoisotopic (exact) mass is 386 g/mol. The standard InChI is InChI=1S/C21H26N2O5/c1-6-14-9-7-8-13(2)20(14)23-19(24)12-22-16-11-18(27-4)17(26-3)10-15(16)21(25)28-5/h7-11,22H,6,12H2,1-5H3,(H,23,24). The van der Waals surface area contributed by atoms with Crippen molar-refractivity contribution in [3.63, 3.8) is 0 Å². The molecule has 0 heterocycles. The van der Waals surface area contributed by atoms with Crippen molar-refractivity contribution in [1.29, 1.82) is 0 Å². The lowest BCUT2D eigenvalue weighted by molar-refractivity contribution is -0.114. The van der Waals surface area contributed by atoms with Gasteiger partial charge in [0.1, 0.15) is 0 Å². The Morgan fingerprint density at radius 3 is 2.32 bits per heavy atom. The molecule has 0 atom stereocenters. The fourth-order valence-electron chi connectivity index (χ4n) is 2.87. The third kappa shape index (κ3) is 4.73. The summed E-state index contributed by atoms with van der Waals surface area (Å²) in [6.07, 6.45) is 0.812. The van der Waals surface area contributed by atoms with Crippen LogP contribution in [0.4, 0.5) is 11.4 Å². The minimum absolute atomic E-state index is 0.0308.